The summed E-state index contributed by atoms with van der Waals surface area (Å²) in [6.45, 7) is 3.48. The number of aromatic carboxylic acids is 1. The lowest BCUT2D eigenvalue weighted by Gasteiger charge is -2.06. The number of carboxylic acid groups (broad SMARTS) is 1. The number of hydrogen-bond acceptors (Lipinski definition) is 3. The molecular formula is C11H11N3O3. The molecule has 2 N–H and O–H groups in total. The van der Waals surface area contributed by atoms with E-state index in [1.165, 1.54) is 6.07 Å². The van der Waals surface area contributed by atoms with Crippen molar-refractivity contribution in [2.24, 2.45) is 0 Å². The van der Waals surface area contributed by atoms with E-state index in [1.807, 2.05) is 0 Å². The number of carbonyl (C=O) groups is 1. The Kier molecular flexibility index (Phi) is 2.55. The third-order valence-corrected chi connectivity index (χ3v) is 2.56. The molecule has 0 fully saturated rings. The minimum absolute atomic E-state index is 0.232. The van der Waals surface area contributed by atoms with E-state index in [0.717, 1.165) is 5.69 Å². The fourth-order valence-corrected chi connectivity index (χ4v) is 1.79. The van der Waals surface area contributed by atoms with Crippen molar-refractivity contribution < 1.29 is 9.90 Å². The third kappa shape index (κ3) is 1.84. The molecule has 6 nitrogen and oxygen atoms in total. The van der Waals surface area contributed by atoms with Crippen LogP contribution in [0.5, 0.6) is 0 Å². The van der Waals surface area contributed by atoms with Gasteiger partial charge in [0.2, 0.25) is 0 Å². The maximum Gasteiger partial charge on any atom is 0.337 e. The summed E-state index contributed by atoms with van der Waals surface area (Å²) in [5, 5.41) is 15.2. The number of aromatic amines is 1. The van der Waals surface area contributed by atoms with Gasteiger partial charge in [0.1, 0.15) is 0 Å². The van der Waals surface area contributed by atoms with Gasteiger partial charge in [0, 0.05) is 17.5 Å². The average Bonchev–Trinajstić information content (AvgIpc) is 2.56. The van der Waals surface area contributed by atoms with Crippen molar-refractivity contribution in [2.45, 2.75) is 13.8 Å². The molecule has 6 heteroatoms. The summed E-state index contributed by atoms with van der Waals surface area (Å²) in [7, 11) is 0. The Balaban J connectivity index is 2.63. The molecule has 0 aliphatic heterocycles. The first-order chi connectivity index (χ1) is 8.00. The number of aryl methyl sites for hydroxylation is 1. The van der Waals surface area contributed by atoms with E-state index in [-0.39, 0.29) is 11.1 Å². The molecule has 0 unspecified atom stereocenters. The van der Waals surface area contributed by atoms with Crippen LogP contribution in [0.3, 0.4) is 0 Å². The highest BCUT2D eigenvalue weighted by Crippen LogP contribution is 2.18. The van der Waals surface area contributed by atoms with Crippen LogP contribution >= 0.6 is 0 Å². The Morgan fingerprint density at radius 2 is 2.12 bits per heavy atom. The number of H-pyrrole nitrogens is 1. The molecule has 0 saturated carbocycles. The van der Waals surface area contributed by atoms with Crippen LogP contribution in [0.15, 0.2) is 23.0 Å². The van der Waals surface area contributed by atoms with Gasteiger partial charge in [-0.05, 0) is 26.0 Å². The normalized spacial score (nSPS) is 10.5. The topological polar surface area (TPSA) is 88.0 Å². The van der Waals surface area contributed by atoms with Gasteiger partial charge < -0.3 is 9.67 Å². The van der Waals surface area contributed by atoms with E-state index in [9.17, 15) is 9.59 Å². The van der Waals surface area contributed by atoms with Crippen LogP contribution in [0.2, 0.25) is 0 Å². The second-order valence-electron chi connectivity index (χ2n) is 3.70. The molecule has 2 aromatic rings. The zero-order valence-corrected chi connectivity index (χ0v) is 9.39. The third-order valence-electron chi connectivity index (χ3n) is 2.56. The summed E-state index contributed by atoms with van der Waals surface area (Å²) >= 11 is 0. The molecule has 0 amide bonds. The quantitative estimate of drug-likeness (QED) is 0.805. The maximum atomic E-state index is 11.0. The van der Waals surface area contributed by atoms with Crippen LogP contribution in [0.1, 0.15) is 21.7 Å². The van der Waals surface area contributed by atoms with Gasteiger partial charge in [-0.1, -0.05) is 0 Å². The van der Waals surface area contributed by atoms with Gasteiger partial charge >= 0.3 is 5.97 Å². The molecule has 0 radical (unpaired) electrons. The zero-order chi connectivity index (χ0) is 12.6. The van der Waals surface area contributed by atoms with Crippen LogP contribution in [0, 0.1) is 13.8 Å². The van der Waals surface area contributed by atoms with E-state index in [1.54, 1.807) is 30.5 Å². The summed E-state index contributed by atoms with van der Waals surface area (Å²) < 4.78 is 1.68. The van der Waals surface area contributed by atoms with Crippen LogP contribution in [-0.4, -0.2) is 25.8 Å². The highest BCUT2D eigenvalue weighted by Gasteiger charge is 2.16. The van der Waals surface area contributed by atoms with Gasteiger partial charge in [0.15, 0.2) is 5.82 Å². The Labute approximate surface area is 96.5 Å². The number of nitrogens with zero attached hydrogens (tertiary/aromatic N) is 2. The van der Waals surface area contributed by atoms with Gasteiger partial charge in [-0.2, -0.15) is 5.10 Å². The fraction of sp³-hybridized carbons (Fsp3) is 0.182. The lowest BCUT2D eigenvalue weighted by atomic mass is 10.2. The molecule has 0 aliphatic carbocycles. The minimum atomic E-state index is -0.978. The molecule has 0 aromatic carbocycles. The number of rotatable bonds is 2. The molecule has 0 spiro atoms. The van der Waals surface area contributed by atoms with Crippen molar-refractivity contribution in [1.29, 1.82) is 0 Å². The van der Waals surface area contributed by atoms with Crippen LogP contribution in [0.25, 0.3) is 5.82 Å². The minimum Gasteiger partial charge on any atom is -0.478 e. The lowest BCUT2D eigenvalue weighted by Crippen LogP contribution is -2.11. The summed E-state index contributed by atoms with van der Waals surface area (Å²) in [4.78, 5) is 21.9. The van der Waals surface area contributed by atoms with Gasteiger partial charge in [-0.15, -0.1) is 0 Å². The summed E-state index contributed by atoms with van der Waals surface area (Å²) in [6.07, 6.45) is 0. The molecular weight excluding hydrogens is 222 g/mol. The summed E-state index contributed by atoms with van der Waals surface area (Å²) in [5.74, 6) is -0.485. The van der Waals surface area contributed by atoms with Crippen LogP contribution in [-0.2, 0) is 0 Å². The van der Waals surface area contributed by atoms with E-state index >= 15 is 0 Å². The van der Waals surface area contributed by atoms with E-state index in [2.05, 4.69) is 10.2 Å². The van der Waals surface area contributed by atoms with Crippen molar-refractivity contribution in [3.8, 4) is 5.82 Å². The molecule has 0 aliphatic rings. The summed E-state index contributed by atoms with van der Waals surface area (Å²) in [5.41, 5.74) is 1.26. The van der Waals surface area contributed by atoms with Gasteiger partial charge in [0.05, 0.1) is 5.56 Å². The molecule has 88 valence electrons. The first-order valence-electron chi connectivity index (χ1n) is 4.99. The van der Waals surface area contributed by atoms with Gasteiger partial charge in [-0.3, -0.25) is 4.79 Å². The monoisotopic (exact) mass is 233 g/mol. The predicted octanol–water partition coefficient (Wildman–Crippen LogP) is 0.876. The van der Waals surface area contributed by atoms with Crippen molar-refractivity contribution in [3.63, 3.8) is 0 Å². The predicted molar refractivity (Wildman–Crippen MR) is 60.6 cm³/mol. The van der Waals surface area contributed by atoms with E-state index in [4.69, 9.17) is 5.11 Å². The van der Waals surface area contributed by atoms with Crippen molar-refractivity contribution in [1.82, 2.24) is 14.8 Å². The standard InChI is InChI=1S/C11H11N3O3/c1-6-5-8(11(16)17)7(2)14(6)9-3-4-10(15)13-12-9/h3-5H,1-2H3,(H,13,15)(H,16,17). The first-order valence-corrected chi connectivity index (χ1v) is 4.99. The molecule has 0 bridgehead atoms. The first kappa shape index (κ1) is 11.1. The van der Waals surface area contributed by atoms with E-state index < -0.39 is 5.97 Å². The largest absolute Gasteiger partial charge is 0.478 e. The number of aromatic nitrogens is 3. The zero-order valence-electron chi connectivity index (χ0n) is 9.39. The van der Waals surface area contributed by atoms with Crippen molar-refractivity contribution in [3.05, 3.63) is 45.5 Å². The van der Waals surface area contributed by atoms with Gasteiger partial charge in [-0.25, -0.2) is 9.89 Å². The second kappa shape index (κ2) is 3.89. The average molecular weight is 233 g/mol. The highest BCUT2D eigenvalue weighted by atomic mass is 16.4. The molecule has 2 aromatic heterocycles. The Morgan fingerprint density at radius 1 is 1.41 bits per heavy atom. The van der Waals surface area contributed by atoms with Crippen LogP contribution in [0.4, 0.5) is 0 Å². The number of carboxylic acids is 1. The SMILES string of the molecule is Cc1cc(C(=O)O)c(C)n1-c1ccc(=O)[nH]n1. The molecule has 17 heavy (non-hydrogen) atoms. The lowest BCUT2D eigenvalue weighted by molar-refractivity contribution is 0.0696. The highest BCUT2D eigenvalue weighted by molar-refractivity contribution is 5.89. The number of hydrogen-bond donors (Lipinski definition) is 2. The summed E-state index contributed by atoms with van der Waals surface area (Å²) in [6, 6.07) is 4.47. The Hall–Kier alpha value is -2.37. The molecule has 0 saturated heterocycles. The smallest absolute Gasteiger partial charge is 0.337 e. The van der Waals surface area contributed by atoms with E-state index in [0.29, 0.717) is 11.5 Å². The molecule has 2 heterocycles. The molecule has 0 atom stereocenters. The fourth-order valence-electron chi connectivity index (χ4n) is 1.79. The molecule has 2 rings (SSSR count). The van der Waals surface area contributed by atoms with Crippen molar-refractivity contribution in [2.75, 3.05) is 0 Å². The van der Waals surface area contributed by atoms with Crippen LogP contribution < -0.4 is 5.56 Å². The maximum absolute atomic E-state index is 11.0. The Morgan fingerprint density at radius 3 is 2.59 bits per heavy atom. The second-order valence-corrected chi connectivity index (χ2v) is 3.70. The van der Waals surface area contributed by atoms with Crippen molar-refractivity contribution >= 4 is 5.97 Å². The van der Waals surface area contributed by atoms with Gasteiger partial charge in [0.25, 0.3) is 5.56 Å². The number of nitrogens with one attached hydrogen (secondary N) is 1. The Bertz CT molecular complexity index is 619.